The molecule has 70 valence electrons. The highest BCUT2D eigenvalue weighted by Crippen LogP contribution is 1.89. The van der Waals surface area contributed by atoms with Crippen LogP contribution in [0.4, 0.5) is 0 Å². The number of carbonyl (C=O) groups is 2. The summed E-state index contributed by atoms with van der Waals surface area (Å²) in [6.45, 7) is 3.43. The Bertz CT molecular complexity index is 178. The number of nitrogens with one attached hydrogen (secondary N) is 1. The maximum Gasteiger partial charge on any atom is 0.244 e. The molecule has 0 heterocycles. The van der Waals surface area contributed by atoms with Gasteiger partial charge < -0.3 is 10.2 Å². The second kappa shape index (κ2) is 4.74. The lowest BCUT2D eigenvalue weighted by atomic mass is 10.3. The molecule has 0 aromatic rings. The van der Waals surface area contributed by atoms with E-state index in [2.05, 4.69) is 5.32 Å². The van der Waals surface area contributed by atoms with Crippen LogP contribution in [0.3, 0.4) is 0 Å². The van der Waals surface area contributed by atoms with Crippen molar-refractivity contribution in [3.05, 3.63) is 0 Å². The van der Waals surface area contributed by atoms with Gasteiger partial charge in [0.15, 0.2) is 0 Å². The Labute approximate surface area is 72.9 Å². The molecule has 0 spiro atoms. The monoisotopic (exact) mass is 172 g/mol. The summed E-state index contributed by atoms with van der Waals surface area (Å²) < 4.78 is 0. The Morgan fingerprint density at radius 2 is 1.92 bits per heavy atom. The van der Waals surface area contributed by atoms with Crippen LogP contribution in [0.15, 0.2) is 0 Å². The van der Waals surface area contributed by atoms with E-state index in [1.165, 1.54) is 4.90 Å². The van der Waals surface area contributed by atoms with Crippen LogP contribution in [0.25, 0.3) is 0 Å². The molecule has 4 nitrogen and oxygen atoms in total. The fourth-order valence-corrected chi connectivity index (χ4v) is 0.793. The molecule has 0 aliphatic heterocycles. The zero-order valence-electron chi connectivity index (χ0n) is 8.05. The number of carbonyl (C=O) groups excluding carboxylic acids is 2. The van der Waals surface area contributed by atoms with E-state index in [9.17, 15) is 9.59 Å². The van der Waals surface area contributed by atoms with E-state index in [4.69, 9.17) is 0 Å². The van der Waals surface area contributed by atoms with Gasteiger partial charge >= 0.3 is 0 Å². The Kier molecular flexibility index (Phi) is 4.33. The molecule has 0 aromatic heterocycles. The predicted molar refractivity (Wildman–Crippen MR) is 46.6 cm³/mol. The normalized spacial score (nSPS) is 12.0. The molecule has 0 aliphatic rings. The van der Waals surface area contributed by atoms with Crippen LogP contribution in [0.5, 0.6) is 0 Å². The molecule has 0 aromatic carbocycles. The Morgan fingerprint density at radius 3 is 2.25 bits per heavy atom. The first-order chi connectivity index (χ1) is 5.49. The van der Waals surface area contributed by atoms with Crippen LogP contribution in [0, 0.1) is 0 Å². The number of likely N-dealkylation sites (N-methyl/N-ethyl adjacent to an activating group) is 1. The fourth-order valence-electron chi connectivity index (χ4n) is 0.793. The maximum atomic E-state index is 11.2. The molecular formula is C8H16N2O2. The van der Waals surface area contributed by atoms with Gasteiger partial charge in [0, 0.05) is 20.5 Å². The quantitative estimate of drug-likeness (QED) is 0.651. The molecule has 0 saturated heterocycles. The van der Waals surface area contributed by atoms with Crippen LogP contribution in [-0.4, -0.2) is 36.9 Å². The smallest absolute Gasteiger partial charge is 0.244 e. The van der Waals surface area contributed by atoms with Crippen LogP contribution < -0.4 is 5.32 Å². The van der Waals surface area contributed by atoms with Gasteiger partial charge in [-0.2, -0.15) is 0 Å². The predicted octanol–water partition coefficient (Wildman–Crippen LogP) is -0.0107. The third kappa shape index (κ3) is 3.37. The highest BCUT2D eigenvalue weighted by atomic mass is 16.2. The van der Waals surface area contributed by atoms with Gasteiger partial charge in [0.05, 0.1) is 0 Å². The zero-order valence-corrected chi connectivity index (χ0v) is 8.05. The van der Waals surface area contributed by atoms with Crippen molar-refractivity contribution in [1.82, 2.24) is 10.2 Å². The van der Waals surface area contributed by atoms with Crippen LogP contribution in [0.2, 0.25) is 0 Å². The van der Waals surface area contributed by atoms with E-state index in [0.717, 1.165) is 0 Å². The van der Waals surface area contributed by atoms with E-state index in [1.54, 1.807) is 27.9 Å². The minimum Gasteiger partial charge on any atom is -0.347 e. The van der Waals surface area contributed by atoms with Crippen molar-refractivity contribution < 1.29 is 9.59 Å². The van der Waals surface area contributed by atoms with E-state index in [0.29, 0.717) is 6.42 Å². The lowest BCUT2D eigenvalue weighted by Gasteiger charge is -2.17. The van der Waals surface area contributed by atoms with Crippen molar-refractivity contribution in [3.8, 4) is 0 Å². The zero-order chi connectivity index (χ0) is 9.72. The van der Waals surface area contributed by atoms with Gasteiger partial charge in [-0.1, -0.05) is 6.92 Å². The SMILES string of the molecule is CCC(=O)N[C@H](C)C(=O)N(C)C. The van der Waals surface area contributed by atoms with E-state index in [-0.39, 0.29) is 11.8 Å². The largest absolute Gasteiger partial charge is 0.347 e. The summed E-state index contributed by atoms with van der Waals surface area (Å²) in [4.78, 5) is 23.5. The summed E-state index contributed by atoms with van der Waals surface area (Å²) in [6, 6.07) is -0.424. The number of hydrogen-bond donors (Lipinski definition) is 1. The molecule has 1 atom stereocenters. The van der Waals surface area contributed by atoms with Crippen molar-refractivity contribution in [2.24, 2.45) is 0 Å². The Balaban J connectivity index is 3.95. The summed E-state index contributed by atoms with van der Waals surface area (Å²) in [6.07, 6.45) is 0.408. The minimum atomic E-state index is -0.424. The Hall–Kier alpha value is -1.06. The van der Waals surface area contributed by atoms with Gasteiger partial charge in [-0.05, 0) is 6.92 Å². The molecule has 0 unspecified atom stereocenters. The lowest BCUT2D eigenvalue weighted by molar-refractivity contribution is -0.133. The first-order valence-electron chi connectivity index (χ1n) is 3.99. The standard InChI is InChI=1S/C8H16N2O2/c1-5-7(11)9-6(2)8(12)10(3)4/h6H,5H2,1-4H3,(H,9,11)/t6-/m1/s1. The molecule has 2 amide bonds. The molecule has 0 radical (unpaired) electrons. The highest BCUT2D eigenvalue weighted by Gasteiger charge is 2.15. The molecule has 0 fully saturated rings. The molecular weight excluding hydrogens is 156 g/mol. The number of rotatable bonds is 3. The summed E-state index contributed by atoms with van der Waals surface area (Å²) in [5.41, 5.74) is 0. The lowest BCUT2D eigenvalue weighted by Crippen LogP contribution is -2.43. The topological polar surface area (TPSA) is 49.4 Å². The van der Waals surface area contributed by atoms with E-state index in [1.807, 2.05) is 0 Å². The van der Waals surface area contributed by atoms with E-state index >= 15 is 0 Å². The van der Waals surface area contributed by atoms with Crippen molar-refractivity contribution >= 4 is 11.8 Å². The number of nitrogens with zero attached hydrogens (tertiary/aromatic N) is 1. The van der Waals surface area contributed by atoms with Crippen LogP contribution in [0.1, 0.15) is 20.3 Å². The van der Waals surface area contributed by atoms with Crippen molar-refractivity contribution in [3.63, 3.8) is 0 Å². The van der Waals surface area contributed by atoms with Gasteiger partial charge in [0.25, 0.3) is 0 Å². The second-order valence-corrected chi connectivity index (χ2v) is 2.88. The molecule has 12 heavy (non-hydrogen) atoms. The van der Waals surface area contributed by atoms with E-state index < -0.39 is 6.04 Å². The van der Waals surface area contributed by atoms with Crippen molar-refractivity contribution in [1.29, 1.82) is 0 Å². The molecule has 0 aliphatic carbocycles. The first-order valence-corrected chi connectivity index (χ1v) is 3.99. The van der Waals surface area contributed by atoms with Gasteiger partial charge in [0.1, 0.15) is 6.04 Å². The average molecular weight is 172 g/mol. The summed E-state index contributed by atoms with van der Waals surface area (Å²) >= 11 is 0. The van der Waals surface area contributed by atoms with Gasteiger partial charge in [-0.3, -0.25) is 9.59 Å². The summed E-state index contributed by atoms with van der Waals surface area (Å²) in [5.74, 6) is -0.186. The molecule has 0 rings (SSSR count). The maximum absolute atomic E-state index is 11.2. The molecule has 0 saturated carbocycles. The van der Waals surface area contributed by atoms with Gasteiger partial charge in [-0.25, -0.2) is 0 Å². The molecule has 0 bridgehead atoms. The average Bonchev–Trinajstić information content (AvgIpc) is 2.02. The fraction of sp³-hybridized carbons (Fsp3) is 0.750. The summed E-state index contributed by atoms with van der Waals surface area (Å²) in [7, 11) is 3.33. The molecule has 1 N–H and O–H groups in total. The van der Waals surface area contributed by atoms with Gasteiger partial charge in [0.2, 0.25) is 11.8 Å². The van der Waals surface area contributed by atoms with Crippen LogP contribution in [-0.2, 0) is 9.59 Å². The summed E-state index contributed by atoms with van der Waals surface area (Å²) in [5, 5.41) is 2.58. The minimum absolute atomic E-state index is 0.0863. The molecule has 4 heteroatoms. The third-order valence-corrected chi connectivity index (χ3v) is 1.51. The first kappa shape index (κ1) is 10.9. The Morgan fingerprint density at radius 1 is 1.42 bits per heavy atom. The number of hydrogen-bond acceptors (Lipinski definition) is 2. The second-order valence-electron chi connectivity index (χ2n) is 2.88. The highest BCUT2D eigenvalue weighted by molar-refractivity contribution is 5.86. The van der Waals surface area contributed by atoms with Crippen LogP contribution >= 0.6 is 0 Å². The number of amides is 2. The van der Waals surface area contributed by atoms with Crippen molar-refractivity contribution in [2.45, 2.75) is 26.3 Å². The third-order valence-electron chi connectivity index (χ3n) is 1.51. The van der Waals surface area contributed by atoms with Crippen molar-refractivity contribution in [2.75, 3.05) is 14.1 Å². The van der Waals surface area contributed by atoms with Gasteiger partial charge in [-0.15, -0.1) is 0 Å².